The number of hydrogen-bond acceptors (Lipinski definition) is 5. The third kappa shape index (κ3) is 4.01. The molecule has 0 bridgehead atoms. The molecule has 0 radical (unpaired) electrons. The maximum Gasteiger partial charge on any atom is 0.140 e. The number of nitrogens with zero attached hydrogens (tertiary/aromatic N) is 3. The minimum atomic E-state index is 0.680. The van der Waals surface area contributed by atoms with Crippen LogP contribution in [0.25, 0.3) is 0 Å². The lowest BCUT2D eigenvalue weighted by molar-refractivity contribution is 0.311. The summed E-state index contributed by atoms with van der Waals surface area (Å²) in [5, 5.41) is 0. The standard InChI is InChI=1S/C14H19N5/c1-11-5-3-6-12(16-11)9-19(2)10-13-7-4-8-14(17-13)18-15/h3-8H,9-10,15H2,1-2H3,(H,17,18). The van der Waals surface area contributed by atoms with E-state index >= 15 is 0 Å². The fraction of sp³-hybridized carbons (Fsp3) is 0.286. The van der Waals surface area contributed by atoms with Gasteiger partial charge in [0, 0.05) is 18.8 Å². The van der Waals surface area contributed by atoms with Crippen molar-refractivity contribution in [3.63, 3.8) is 0 Å². The van der Waals surface area contributed by atoms with E-state index in [4.69, 9.17) is 5.84 Å². The van der Waals surface area contributed by atoms with Crippen LogP contribution in [0.15, 0.2) is 36.4 Å². The number of aryl methyl sites for hydroxylation is 1. The molecule has 0 aliphatic heterocycles. The van der Waals surface area contributed by atoms with E-state index in [0.717, 1.165) is 30.2 Å². The highest BCUT2D eigenvalue weighted by atomic mass is 15.2. The van der Waals surface area contributed by atoms with Gasteiger partial charge in [0.05, 0.1) is 11.4 Å². The molecule has 0 saturated heterocycles. The van der Waals surface area contributed by atoms with E-state index in [-0.39, 0.29) is 0 Å². The van der Waals surface area contributed by atoms with Crippen LogP contribution in [0.5, 0.6) is 0 Å². The lowest BCUT2D eigenvalue weighted by Gasteiger charge is -2.16. The fourth-order valence-electron chi connectivity index (χ4n) is 1.94. The Bertz CT molecular complexity index is 541. The van der Waals surface area contributed by atoms with Crippen LogP contribution in [-0.4, -0.2) is 21.9 Å². The Balaban J connectivity index is 1.98. The SMILES string of the molecule is Cc1cccc(CN(C)Cc2cccc(NN)n2)n1. The van der Waals surface area contributed by atoms with Crippen LogP contribution < -0.4 is 11.3 Å². The summed E-state index contributed by atoms with van der Waals surface area (Å²) in [4.78, 5) is 11.1. The Morgan fingerprint density at radius 1 is 1.05 bits per heavy atom. The number of anilines is 1. The lowest BCUT2D eigenvalue weighted by Crippen LogP contribution is -2.19. The molecule has 2 aromatic rings. The van der Waals surface area contributed by atoms with Crippen molar-refractivity contribution >= 4 is 5.82 Å². The molecule has 5 nitrogen and oxygen atoms in total. The normalized spacial score (nSPS) is 10.7. The molecule has 19 heavy (non-hydrogen) atoms. The zero-order valence-corrected chi connectivity index (χ0v) is 11.3. The predicted octanol–water partition coefficient (Wildman–Crippen LogP) is 1.70. The monoisotopic (exact) mass is 257 g/mol. The second kappa shape index (κ2) is 6.26. The quantitative estimate of drug-likeness (QED) is 0.630. The van der Waals surface area contributed by atoms with Gasteiger partial charge in [-0.25, -0.2) is 10.8 Å². The molecule has 0 atom stereocenters. The number of pyridine rings is 2. The van der Waals surface area contributed by atoms with Crippen molar-refractivity contribution in [2.75, 3.05) is 12.5 Å². The zero-order valence-electron chi connectivity index (χ0n) is 11.3. The van der Waals surface area contributed by atoms with Crippen LogP contribution in [0, 0.1) is 6.92 Å². The van der Waals surface area contributed by atoms with Gasteiger partial charge in [-0.05, 0) is 38.2 Å². The molecule has 0 unspecified atom stereocenters. The number of hydrogen-bond donors (Lipinski definition) is 2. The Morgan fingerprint density at radius 3 is 2.32 bits per heavy atom. The van der Waals surface area contributed by atoms with E-state index in [0.29, 0.717) is 5.82 Å². The van der Waals surface area contributed by atoms with Crippen molar-refractivity contribution in [2.24, 2.45) is 5.84 Å². The molecular formula is C14H19N5. The molecule has 0 aromatic carbocycles. The van der Waals surface area contributed by atoms with E-state index < -0.39 is 0 Å². The number of hydrazine groups is 1. The average Bonchev–Trinajstić information content (AvgIpc) is 2.38. The van der Waals surface area contributed by atoms with Crippen LogP contribution in [0.4, 0.5) is 5.82 Å². The first-order valence-electron chi connectivity index (χ1n) is 6.21. The van der Waals surface area contributed by atoms with E-state index in [1.54, 1.807) is 0 Å². The van der Waals surface area contributed by atoms with Crippen molar-refractivity contribution < 1.29 is 0 Å². The highest BCUT2D eigenvalue weighted by Crippen LogP contribution is 2.08. The molecule has 0 fully saturated rings. The molecule has 0 aliphatic rings. The van der Waals surface area contributed by atoms with Gasteiger partial charge in [-0.3, -0.25) is 9.88 Å². The maximum absolute atomic E-state index is 5.35. The van der Waals surface area contributed by atoms with Crippen molar-refractivity contribution in [1.82, 2.24) is 14.9 Å². The minimum absolute atomic E-state index is 0.680. The molecule has 5 heteroatoms. The highest BCUT2D eigenvalue weighted by Gasteiger charge is 2.04. The summed E-state index contributed by atoms with van der Waals surface area (Å²) in [6.45, 7) is 3.55. The molecular weight excluding hydrogens is 238 g/mol. The number of aromatic nitrogens is 2. The summed E-state index contributed by atoms with van der Waals surface area (Å²) in [5.41, 5.74) is 5.64. The molecule has 100 valence electrons. The first kappa shape index (κ1) is 13.5. The fourth-order valence-corrected chi connectivity index (χ4v) is 1.94. The number of nitrogens with one attached hydrogen (secondary N) is 1. The average molecular weight is 257 g/mol. The molecule has 2 aromatic heterocycles. The topological polar surface area (TPSA) is 67.1 Å². The van der Waals surface area contributed by atoms with Crippen molar-refractivity contribution in [1.29, 1.82) is 0 Å². The van der Waals surface area contributed by atoms with Crippen molar-refractivity contribution in [3.8, 4) is 0 Å². The van der Waals surface area contributed by atoms with E-state index in [1.807, 2.05) is 50.4 Å². The van der Waals surface area contributed by atoms with Gasteiger partial charge in [0.25, 0.3) is 0 Å². The summed E-state index contributed by atoms with van der Waals surface area (Å²) >= 11 is 0. The van der Waals surface area contributed by atoms with Gasteiger partial charge in [0.2, 0.25) is 0 Å². The van der Waals surface area contributed by atoms with E-state index in [1.165, 1.54) is 0 Å². The summed E-state index contributed by atoms with van der Waals surface area (Å²) in [7, 11) is 2.05. The Labute approximate surface area is 113 Å². The largest absolute Gasteiger partial charge is 0.308 e. The maximum atomic E-state index is 5.35. The summed E-state index contributed by atoms with van der Waals surface area (Å²) in [5.74, 6) is 6.03. The van der Waals surface area contributed by atoms with E-state index in [2.05, 4.69) is 20.3 Å². The smallest absolute Gasteiger partial charge is 0.140 e. The van der Waals surface area contributed by atoms with Crippen LogP contribution in [-0.2, 0) is 13.1 Å². The first-order valence-corrected chi connectivity index (χ1v) is 6.21. The second-order valence-electron chi connectivity index (χ2n) is 4.60. The Morgan fingerprint density at radius 2 is 1.68 bits per heavy atom. The molecule has 3 N–H and O–H groups in total. The van der Waals surface area contributed by atoms with Crippen LogP contribution in [0.3, 0.4) is 0 Å². The number of nitrogen functional groups attached to an aromatic ring is 1. The minimum Gasteiger partial charge on any atom is -0.308 e. The van der Waals surface area contributed by atoms with Crippen LogP contribution >= 0.6 is 0 Å². The Hall–Kier alpha value is -1.98. The van der Waals surface area contributed by atoms with Crippen molar-refractivity contribution in [2.45, 2.75) is 20.0 Å². The number of rotatable bonds is 5. The van der Waals surface area contributed by atoms with Gasteiger partial charge in [-0.2, -0.15) is 0 Å². The molecule has 2 rings (SSSR count). The molecule has 2 heterocycles. The summed E-state index contributed by atoms with van der Waals surface area (Å²) in [6, 6.07) is 11.8. The van der Waals surface area contributed by atoms with E-state index in [9.17, 15) is 0 Å². The summed E-state index contributed by atoms with van der Waals surface area (Å²) < 4.78 is 0. The van der Waals surface area contributed by atoms with Gasteiger partial charge in [-0.1, -0.05) is 12.1 Å². The van der Waals surface area contributed by atoms with Crippen LogP contribution in [0.2, 0.25) is 0 Å². The molecule has 0 saturated carbocycles. The third-order valence-electron chi connectivity index (χ3n) is 2.76. The zero-order chi connectivity index (χ0) is 13.7. The molecule has 0 amide bonds. The first-order chi connectivity index (χ1) is 9.17. The lowest BCUT2D eigenvalue weighted by atomic mass is 10.3. The van der Waals surface area contributed by atoms with Gasteiger partial charge in [0.1, 0.15) is 5.82 Å². The Kier molecular flexibility index (Phi) is 4.43. The second-order valence-corrected chi connectivity index (χ2v) is 4.60. The van der Waals surface area contributed by atoms with Gasteiger partial charge < -0.3 is 5.43 Å². The predicted molar refractivity (Wildman–Crippen MR) is 76.2 cm³/mol. The van der Waals surface area contributed by atoms with Gasteiger partial charge in [-0.15, -0.1) is 0 Å². The van der Waals surface area contributed by atoms with Gasteiger partial charge >= 0.3 is 0 Å². The third-order valence-corrected chi connectivity index (χ3v) is 2.76. The highest BCUT2D eigenvalue weighted by molar-refractivity contribution is 5.33. The van der Waals surface area contributed by atoms with Crippen LogP contribution in [0.1, 0.15) is 17.1 Å². The van der Waals surface area contributed by atoms with Gasteiger partial charge in [0.15, 0.2) is 0 Å². The molecule has 0 aliphatic carbocycles. The van der Waals surface area contributed by atoms with Crippen molar-refractivity contribution in [3.05, 3.63) is 53.5 Å². The number of nitrogens with two attached hydrogens (primary N) is 1. The molecule has 0 spiro atoms. The summed E-state index contributed by atoms with van der Waals surface area (Å²) in [6.07, 6.45) is 0.